The predicted octanol–water partition coefficient (Wildman–Crippen LogP) is 2.49. The number of hydrogen-bond donors (Lipinski definition) is 2. The number of benzene rings is 1. The van der Waals surface area contributed by atoms with Crippen molar-refractivity contribution in [1.82, 2.24) is 10.2 Å². The lowest BCUT2D eigenvalue weighted by Gasteiger charge is -2.15. The normalized spacial score (nSPS) is 19.4. The van der Waals surface area contributed by atoms with Crippen LogP contribution in [0.25, 0.3) is 0 Å². The van der Waals surface area contributed by atoms with Gasteiger partial charge in [-0.3, -0.25) is 0 Å². The highest BCUT2D eigenvalue weighted by molar-refractivity contribution is 6.30. The van der Waals surface area contributed by atoms with E-state index in [1.54, 1.807) is 12.1 Å². The molecule has 0 bridgehead atoms. The fourth-order valence-electron chi connectivity index (χ4n) is 2.70. The number of rotatable bonds is 6. The van der Waals surface area contributed by atoms with Crippen molar-refractivity contribution in [1.29, 1.82) is 0 Å². The van der Waals surface area contributed by atoms with E-state index in [-0.39, 0.29) is 5.75 Å². The number of nitrogens with zero attached hydrogens (tertiary/aromatic N) is 1. The topological polar surface area (TPSA) is 44.7 Å². The summed E-state index contributed by atoms with van der Waals surface area (Å²) < 4.78 is 5.11. The van der Waals surface area contributed by atoms with Crippen LogP contribution in [0.2, 0.25) is 5.02 Å². The van der Waals surface area contributed by atoms with E-state index in [1.807, 2.05) is 0 Å². The average Bonchev–Trinajstić information content (AvgIpc) is 2.90. The highest BCUT2D eigenvalue weighted by atomic mass is 35.5. The van der Waals surface area contributed by atoms with Gasteiger partial charge < -0.3 is 20.1 Å². The summed E-state index contributed by atoms with van der Waals surface area (Å²) >= 11 is 6.02. The molecule has 1 heterocycles. The lowest BCUT2D eigenvalue weighted by molar-refractivity contribution is 0.338. The zero-order chi connectivity index (χ0) is 14.5. The molecule has 0 aliphatic carbocycles. The van der Waals surface area contributed by atoms with Crippen LogP contribution in [0, 0.1) is 5.92 Å². The van der Waals surface area contributed by atoms with E-state index < -0.39 is 0 Å². The lowest BCUT2D eigenvalue weighted by atomic mass is 10.1. The van der Waals surface area contributed by atoms with Gasteiger partial charge in [-0.25, -0.2) is 0 Å². The Balaban J connectivity index is 1.87. The molecule has 2 N–H and O–H groups in total. The third kappa shape index (κ3) is 3.78. The largest absolute Gasteiger partial charge is 0.504 e. The molecule has 0 saturated carbocycles. The predicted molar refractivity (Wildman–Crippen MR) is 81.6 cm³/mol. The summed E-state index contributed by atoms with van der Waals surface area (Å²) in [5.74, 6) is 1.29. The molecule has 1 aromatic rings. The molecule has 1 aromatic carbocycles. The average molecular weight is 299 g/mol. The third-order valence-electron chi connectivity index (χ3n) is 3.90. The van der Waals surface area contributed by atoms with Crippen LogP contribution < -0.4 is 10.1 Å². The summed E-state index contributed by atoms with van der Waals surface area (Å²) in [6.45, 7) is 7.25. The number of halogens is 1. The van der Waals surface area contributed by atoms with E-state index in [2.05, 4.69) is 17.1 Å². The van der Waals surface area contributed by atoms with Crippen LogP contribution in [0.3, 0.4) is 0 Å². The first-order chi connectivity index (χ1) is 9.63. The molecule has 5 heteroatoms. The van der Waals surface area contributed by atoms with Gasteiger partial charge in [-0.05, 0) is 38.0 Å². The summed E-state index contributed by atoms with van der Waals surface area (Å²) in [4.78, 5) is 2.46. The van der Waals surface area contributed by atoms with Crippen molar-refractivity contribution in [2.75, 3.05) is 33.3 Å². The smallest absolute Gasteiger partial charge is 0.162 e. The fourth-order valence-corrected chi connectivity index (χ4v) is 2.93. The van der Waals surface area contributed by atoms with Crippen LogP contribution in [0.1, 0.15) is 18.9 Å². The maximum atomic E-state index is 10.1. The molecule has 1 atom stereocenters. The van der Waals surface area contributed by atoms with Crippen molar-refractivity contribution < 1.29 is 9.84 Å². The van der Waals surface area contributed by atoms with Crippen LogP contribution in [0.5, 0.6) is 11.5 Å². The number of methoxy groups -OCH3 is 1. The number of hydrogen-bond acceptors (Lipinski definition) is 4. The quantitative estimate of drug-likeness (QED) is 0.847. The van der Waals surface area contributed by atoms with Gasteiger partial charge in [0.05, 0.1) is 7.11 Å². The summed E-state index contributed by atoms with van der Waals surface area (Å²) in [5, 5.41) is 14.0. The fraction of sp³-hybridized carbons (Fsp3) is 0.600. The Morgan fingerprint density at radius 3 is 2.95 bits per heavy atom. The second kappa shape index (κ2) is 7.16. The molecule has 0 spiro atoms. The zero-order valence-electron chi connectivity index (χ0n) is 12.2. The minimum Gasteiger partial charge on any atom is -0.504 e. The molecule has 1 aliphatic heterocycles. The number of phenols is 1. The maximum absolute atomic E-state index is 10.1. The van der Waals surface area contributed by atoms with E-state index in [1.165, 1.54) is 20.1 Å². The Morgan fingerprint density at radius 1 is 1.50 bits per heavy atom. The first-order valence-corrected chi connectivity index (χ1v) is 7.50. The number of aromatic hydroxyl groups is 1. The van der Waals surface area contributed by atoms with Crippen LogP contribution in [0.4, 0.5) is 0 Å². The van der Waals surface area contributed by atoms with Crippen molar-refractivity contribution in [2.24, 2.45) is 5.92 Å². The number of ether oxygens (including phenoxy) is 1. The number of nitrogens with one attached hydrogen (secondary N) is 1. The third-order valence-corrected chi connectivity index (χ3v) is 4.12. The Hall–Kier alpha value is -0.970. The van der Waals surface area contributed by atoms with Crippen molar-refractivity contribution in [2.45, 2.75) is 19.9 Å². The van der Waals surface area contributed by atoms with E-state index in [4.69, 9.17) is 16.3 Å². The second-order valence-corrected chi connectivity index (χ2v) is 5.73. The first kappa shape index (κ1) is 15.4. The van der Waals surface area contributed by atoms with Crippen molar-refractivity contribution in [3.63, 3.8) is 0 Å². The van der Waals surface area contributed by atoms with Gasteiger partial charge in [0.15, 0.2) is 11.5 Å². The summed E-state index contributed by atoms with van der Waals surface area (Å²) in [5.41, 5.74) is 0.777. The van der Waals surface area contributed by atoms with Gasteiger partial charge in [0, 0.05) is 29.7 Å². The molecule has 112 valence electrons. The Kier molecular flexibility index (Phi) is 5.52. The second-order valence-electron chi connectivity index (χ2n) is 5.29. The minimum absolute atomic E-state index is 0.172. The molecule has 0 radical (unpaired) electrons. The van der Waals surface area contributed by atoms with Crippen molar-refractivity contribution in [3.05, 3.63) is 22.7 Å². The van der Waals surface area contributed by atoms with Crippen LogP contribution in [0.15, 0.2) is 12.1 Å². The molecule has 1 unspecified atom stereocenters. The molecule has 1 saturated heterocycles. The van der Waals surface area contributed by atoms with Gasteiger partial charge in [-0.15, -0.1) is 0 Å². The van der Waals surface area contributed by atoms with Gasteiger partial charge >= 0.3 is 0 Å². The number of likely N-dealkylation sites (tertiary alicyclic amines) is 1. The van der Waals surface area contributed by atoms with Gasteiger partial charge in [-0.2, -0.15) is 0 Å². The first-order valence-electron chi connectivity index (χ1n) is 7.12. The molecule has 0 aromatic heterocycles. The van der Waals surface area contributed by atoms with Gasteiger partial charge in [0.25, 0.3) is 0 Å². The van der Waals surface area contributed by atoms with Crippen molar-refractivity contribution in [3.8, 4) is 11.5 Å². The lowest BCUT2D eigenvalue weighted by Crippen LogP contribution is -2.26. The minimum atomic E-state index is 0.172. The number of phenolic OH excluding ortho intramolecular Hbond substituents is 1. The van der Waals surface area contributed by atoms with Gasteiger partial charge in [0.1, 0.15) is 0 Å². The maximum Gasteiger partial charge on any atom is 0.162 e. The van der Waals surface area contributed by atoms with Crippen LogP contribution in [-0.2, 0) is 6.54 Å². The standard InChI is InChI=1S/C15H23ClN2O2/c1-3-18-5-4-11(10-18)8-17-9-12-6-13(16)7-14(20-2)15(12)19/h6-7,11,17,19H,3-5,8-10H2,1-2H3. The molecular weight excluding hydrogens is 276 g/mol. The monoisotopic (exact) mass is 298 g/mol. The van der Waals surface area contributed by atoms with Crippen LogP contribution in [-0.4, -0.2) is 43.3 Å². The van der Waals surface area contributed by atoms with E-state index in [9.17, 15) is 5.11 Å². The molecule has 0 amide bonds. The highest BCUT2D eigenvalue weighted by Crippen LogP contribution is 2.33. The zero-order valence-corrected chi connectivity index (χ0v) is 12.9. The van der Waals surface area contributed by atoms with E-state index >= 15 is 0 Å². The Labute approximate surface area is 125 Å². The molecule has 2 rings (SSSR count). The summed E-state index contributed by atoms with van der Waals surface area (Å²) in [6.07, 6.45) is 1.24. The van der Waals surface area contributed by atoms with E-state index in [0.29, 0.717) is 23.2 Å². The molecule has 1 fully saturated rings. The SMILES string of the molecule is CCN1CCC(CNCc2cc(Cl)cc(OC)c2O)C1. The summed E-state index contributed by atoms with van der Waals surface area (Å²) in [7, 11) is 1.53. The van der Waals surface area contributed by atoms with Gasteiger partial charge in [-0.1, -0.05) is 18.5 Å². The van der Waals surface area contributed by atoms with Crippen LogP contribution >= 0.6 is 11.6 Å². The van der Waals surface area contributed by atoms with E-state index in [0.717, 1.165) is 25.2 Å². The van der Waals surface area contributed by atoms with Crippen molar-refractivity contribution >= 4 is 11.6 Å². The highest BCUT2D eigenvalue weighted by Gasteiger charge is 2.20. The summed E-state index contributed by atoms with van der Waals surface area (Å²) in [6, 6.07) is 3.40. The molecule has 20 heavy (non-hydrogen) atoms. The molecular formula is C15H23ClN2O2. The molecule has 4 nitrogen and oxygen atoms in total. The van der Waals surface area contributed by atoms with Gasteiger partial charge in [0.2, 0.25) is 0 Å². The Bertz CT molecular complexity index is 454. The Morgan fingerprint density at radius 2 is 2.30 bits per heavy atom. The molecule has 1 aliphatic rings.